The van der Waals surface area contributed by atoms with Gasteiger partial charge in [0.25, 0.3) is 0 Å². The zero-order valence-electron chi connectivity index (χ0n) is 15.8. The van der Waals surface area contributed by atoms with Gasteiger partial charge in [-0.3, -0.25) is 4.99 Å². The smallest absolute Gasteiger partial charge is 0.191 e. The van der Waals surface area contributed by atoms with Gasteiger partial charge in [-0.1, -0.05) is 13.8 Å². The molecule has 0 aromatic carbocycles. The Morgan fingerprint density at radius 2 is 1.74 bits per heavy atom. The molecular weight excluding hydrogens is 284 g/mol. The molecule has 4 heteroatoms. The Labute approximate surface area is 143 Å². The van der Waals surface area contributed by atoms with Crippen LogP contribution in [0.5, 0.6) is 0 Å². The van der Waals surface area contributed by atoms with Crippen LogP contribution in [0.1, 0.15) is 59.3 Å². The van der Waals surface area contributed by atoms with Crippen LogP contribution in [0.25, 0.3) is 0 Å². The van der Waals surface area contributed by atoms with Gasteiger partial charge in [0.15, 0.2) is 5.96 Å². The van der Waals surface area contributed by atoms with Crippen molar-refractivity contribution >= 4 is 5.96 Å². The molecule has 1 unspecified atom stereocenters. The summed E-state index contributed by atoms with van der Waals surface area (Å²) < 4.78 is 0. The average molecular weight is 323 g/mol. The first-order valence-electron chi connectivity index (χ1n) is 9.87. The van der Waals surface area contributed by atoms with Gasteiger partial charge in [0.1, 0.15) is 0 Å². The van der Waals surface area contributed by atoms with Crippen LogP contribution in [0.2, 0.25) is 0 Å². The number of rotatable bonds is 11. The Balaban J connectivity index is 1.63. The molecule has 0 aliphatic heterocycles. The second-order valence-corrected chi connectivity index (χ2v) is 7.51. The summed E-state index contributed by atoms with van der Waals surface area (Å²) in [6, 6.07) is 0.483. The Bertz CT molecular complexity index is 344. The lowest BCUT2D eigenvalue weighted by Crippen LogP contribution is -2.44. The van der Waals surface area contributed by atoms with E-state index in [2.05, 4.69) is 41.3 Å². The number of nitrogens with zero attached hydrogens (tertiary/aromatic N) is 2. The molecule has 4 nitrogen and oxygen atoms in total. The quantitative estimate of drug-likeness (QED) is 0.453. The van der Waals surface area contributed by atoms with E-state index in [0.29, 0.717) is 6.04 Å². The SMILES string of the molecule is CCN(CC)CCCC(C)NC(=NC)NCC(C1CC1)C1CC1. The van der Waals surface area contributed by atoms with Crippen LogP contribution in [0.4, 0.5) is 0 Å². The molecule has 2 fully saturated rings. The minimum atomic E-state index is 0.483. The zero-order chi connectivity index (χ0) is 16.7. The van der Waals surface area contributed by atoms with Crippen LogP contribution in [0.3, 0.4) is 0 Å². The Morgan fingerprint density at radius 1 is 1.13 bits per heavy atom. The van der Waals surface area contributed by atoms with E-state index in [4.69, 9.17) is 0 Å². The van der Waals surface area contributed by atoms with Gasteiger partial charge in [0.05, 0.1) is 0 Å². The van der Waals surface area contributed by atoms with Crippen LogP contribution in [-0.4, -0.2) is 50.1 Å². The summed E-state index contributed by atoms with van der Waals surface area (Å²) in [5, 5.41) is 7.16. The van der Waals surface area contributed by atoms with E-state index in [1.807, 2.05) is 7.05 Å². The van der Waals surface area contributed by atoms with Gasteiger partial charge in [-0.05, 0) is 82.8 Å². The van der Waals surface area contributed by atoms with E-state index in [9.17, 15) is 0 Å². The highest BCUT2D eigenvalue weighted by molar-refractivity contribution is 5.79. The normalized spacial score (nSPS) is 20.2. The lowest BCUT2D eigenvalue weighted by Gasteiger charge is -2.23. The van der Waals surface area contributed by atoms with E-state index in [1.165, 1.54) is 45.1 Å². The van der Waals surface area contributed by atoms with Gasteiger partial charge >= 0.3 is 0 Å². The zero-order valence-corrected chi connectivity index (χ0v) is 15.8. The van der Waals surface area contributed by atoms with Crippen LogP contribution in [-0.2, 0) is 0 Å². The summed E-state index contributed by atoms with van der Waals surface area (Å²) in [5.74, 6) is 3.89. The van der Waals surface area contributed by atoms with Crippen molar-refractivity contribution in [3.8, 4) is 0 Å². The summed E-state index contributed by atoms with van der Waals surface area (Å²) in [4.78, 5) is 6.91. The molecule has 0 heterocycles. The highest BCUT2D eigenvalue weighted by Crippen LogP contribution is 2.48. The molecule has 2 N–H and O–H groups in total. The van der Waals surface area contributed by atoms with Gasteiger partial charge < -0.3 is 15.5 Å². The van der Waals surface area contributed by atoms with E-state index >= 15 is 0 Å². The van der Waals surface area contributed by atoms with Crippen molar-refractivity contribution < 1.29 is 0 Å². The summed E-state index contributed by atoms with van der Waals surface area (Å²) in [6.45, 7) is 11.4. The summed E-state index contributed by atoms with van der Waals surface area (Å²) in [5.41, 5.74) is 0. The Kier molecular flexibility index (Phi) is 7.68. The van der Waals surface area contributed by atoms with Crippen molar-refractivity contribution in [3.05, 3.63) is 0 Å². The fourth-order valence-electron chi connectivity index (χ4n) is 3.64. The van der Waals surface area contributed by atoms with Crippen molar-refractivity contribution in [3.63, 3.8) is 0 Å². The molecule has 0 bridgehead atoms. The van der Waals surface area contributed by atoms with E-state index in [0.717, 1.165) is 43.3 Å². The summed E-state index contributed by atoms with van der Waals surface area (Å²) in [7, 11) is 1.89. The lowest BCUT2D eigenvalue weighted by atomic mass is 9.98. The number of hydrogen-bond acceptors (Lipinski definition) is 2. The highest BCUT2D eigenvalue weighted by Gasteiger charge is 2.41. The lowest BCUT2D eigenvalue weighted by molar-refractivity contribution is 0.292. The molecule has 0 aromatic heterocycles. The molecule has 0 aromatic rings. The number of hydrogen-bond donors (Lipinski definition) is 2. The molecule has 2 aliphatic rings. The summed E-state index contributed by atoms with van der Waals surface area (Å²) >= 11 is 0. The fraction of sp³-hybridized carbons (Fsp3) is 0.947. The number of nitrogens with one attached hydrogen (secondary N) is 2. The van der Waals surface area contributed by atoms with E-state index < -0.39 is 0 Å². The number of aliphatic imine (C=N–C) groups is 1. The van der Waals surface area contributed by atoms with Crippen molar-refractivity contribution in [2.75, 3.05) is 33.2 Å². The van der Waals surface area contributed by atoms with Crippen LogP contribution >= 0.6 is 0 Å². The molecule has 2 saturated carbocycles. The van der Waals surface area contributed by atoms with Gasteiger partial charge in [0.2, 0.25) is 0 Å². The molecular formula is C19H38N4. The average Bonchev–Trinajstić information content (AvgIpc) is 3.44. The first-order valence-corrected chi connectivity index (χ1v) is 9.87. The summed E-state index contributed by atoms with van der Waals surface area (Å²) in [6.07, 6.45) is 8.27. The number of guanidine groups is 1. The van der Waals surface area contributed by atoms with Crippen molar-refractivity contribution in [1.29, 1.82) is 0 Å². The maximum Gasteiger partial charge on any atom is 0.191 e. The van der Waals surface area contributed by atoms with Gasteiger partial charge in [-0.25, -0.2) is 0 Å². The minimum absolute atomic E-state index is 0.483. The van der Waals surface area contributed by atoms with Crippen molar-refractivity contribution in [2.24, 2.45) is 22.7 Å². The molecule has 23 heavy (non-hydrogen) atoms. The van der Waals surface area contributed by atoms with E-state index in [-0.39, 0.29) is 0 Å². The topological polar surface area (TPSA) is 39.7 Å². The second kappa shape index (κ2) is 9.51. The minimum Gasteiger partial charge on any atom is -0.356 e. The van der Waals surface area contributed by atoms with Crippen LogP contribution in [0, 0.1) is 17.8 Å². The van der Waals surface area contributed by atoms with Crippen molar-refractivity contribution in [1.82, 2.24) is 15.5 Å². The third kappa shape index (κ3) is 6.70. The molecule has 2 rings (SSSR count). The van der Waals surface area contributed by atoms with Crippen LogP contribution in [0.15, 0.2) is 4.99 Å². The predicted molar refractivity (Wildman–Crippen MR) is 99.9 cm³/mol. The second-order valence-electron chi connectivity index (χ2n) is 7.51. The molecule has 0 radical (unpaired) electrons. The molecule has 1 atom stereocenters. The molecule has 0 amide bonds. The highest BCUT2D eigenvalue weighted by atomic mass is 15.2. The largest absolute Gasteiger partial charge is 0.356 e. The van der Waals surface area contributed by atoms with E-state index in [1.54, 1.807) is 0 Å². The fourth-order valence-corrected chi connectivity index (χ4v) is 3.64. The van der Waals surface area contributed by atoms with Gasteiger partial charge in [0, 0.05) is 19.6 Å². The maximum absolute atomic E-state index is 4.42. The standard InChI is InChI=1S/C19H38N4/c1-5-23(6-2)13-7-8-15(3)22-19(20-4)21-14-18(16-9-10-16)17-11-12-17/h15-18H,5-14H2,1-4H3,(H2,20,21,22). The van der Waals surface area contributed by atoms with Crippen molar-refractivity contribution in [2.45, 2.75) is 65.3 Å². The third-order valence-corrected chi connectivity index (χ3v) is 5.57. The Hall–Kier alpha value is -0.770. The molecule has 0 saturated heterocycles. The third-order valence-electron chi connectivity index (χ3n) is 5.57. The molecule has 2 aliphatic carbocycles. The van der Waals surface area contributed by atoms with Gasteiger partial charge in [-0.2, -0.15) is 0 Å². The Morgan fingerprint density at radius 3 is 2.22 bits per heavy atom. The van der Waals surface area contributed by atoms with Crippen LogP contribution < -0.4 is 10.6 Å². The first-order chi connectivity index (χ1) is 11.2. The monoisotopic (exact) mass is 322 g/mol. The maximum atomic E-state index is 4.42. The predicted octanol–water partition coefficient (Wildman–Crippen LogP) is 3.10. The van der Waals surface area contributed by atoms with Gasteiger partial charge in [-0.15, -0.1) is 0 Å². The first kappa shape index (κ1) is 18.6. The molecule has 0 spiro atoms. The molecule has 134 valence electrons.